The van der Waals surface area contributed by atoms with Crippen molar-refractivity contribution in [3.63, 3.8) is 0 Å². The molecule has 10 nitrogen and oxygen atoms in total. The van der Waals surface area contributed by atoms with Crippen molar-refractivity contribution in [1.29, 1.82) is 0 Å². The number of hydrogen-bond acceptors (Lipinski definition) is 8. The van der Waals surface area contributed by atoms with Crippen LogP contribution in [0.3, 0.4) is 0 Å². The summed E-state index contributed by atoms with van der Waals surface area (Å²) in [5.74, 6) is -1.72. The van der Waals surface area contributed by atoms with Crippen LogP contribution >= 0.6 is 0 Å². The van der Waals surface area contributed by atoms with Gasteiger partial charge >= 0.3 is 0 Å². The number of hydrogen-bond donors (Lipinski definition) is 1. The first-order valence-electron chi connectivity index (χ1n) is 8.79. The monoisotopic (exact) mass is 429 g/mol. The molecule has 2 aromatic carbocycles. The SMILES string of the molecule is COc1ccc(C(C)=O)cc1CS(=O)(=O)CC(=O)Nc1cccc(-n2cnnn2)c1. The van der Waals surface area contributed by atoms with E-state index in [1.165, 1.54) is 37.2 Å². The van der Waals surface area contributed by atoms with E-state index in [4.69, 9.17) is 4.74 Å². The van der Waals surface area contributed by atoms with Crippen LogP contribution in [0.5, 0.6) is 5.75 Å². The Morgan fingerprint density at radius 2 is 1.97 bits per heavy atom. The minimum absolute atomic E-state index is 0.198. The number of ether oxygens (including phenoxy) is 1. The van der Waals surface area contributed by atoms with Gasteiger partial charge in [0.15, 0.2) is 15.6 Å². The number of carbonyl (C=O) groups is 2. The van der Waals surface area contributed by atoms with Crippen LogP contribution in [0.1, 0.15) is 22.8 Å². The standard InChI is InChI=1S/C19H19N5O5S/c1-13(25)14-6-7-18(29-2)15(8-14)10-30(27,28)11-19(26)21-16-4-3-5-17(9-16)24-12-20-22-23-24/h3-9,12H,10-11H2,1-2H3,(H,21,26). The molecule has 0 fully saturated rings. The summed E-state index contributed by atoms with van der Waals surface area (Å²) in [4.78, 5) is 23.9. The van der Waals surface area contributed by atoms with Gasteiger partial charge in [0, 0.05) is 16.8 Å². The van der Waals surface area contributed by atoms with Gasteiger partial charge in [-0.3, -0.25) is 9.59 Å². The normalized spacial score (nSPS) is 11.1. The summed E-state index contributed by atoms with van der Waals surface area (Å²) in [5.41, 5.74) is 1.69. The molecule has 0 bridgehead atoms. The van der Waals surface area contributed by atoms with Crippen molar-refractivity contribution in [3.8, 4) is 11.4 Å². The quantitative estimate of drug-likeness (QED) is 0.532. The zero-order valence-electron chi connectivity index (χ0n) is 16.3. The fourth-order valence-corrected chi connectivity index (χ4v) is 4.07. The zero-order chi connectivity index (χ0) is 21.7. The number of nitrogens with zero attached hydrogens (tertiary/aromatic N) is 4. The van der Waals surface area contributed by atoms with E-state index >= 15 is 0 Å². The van der Waals surface area contributed by atoms with Crippen molar-refractivity contribution in [2.24, 2.45) is 0 Å². The molecule has 0 aliphatic heterocycles. The van der Waals surface area contributed by atoms with Gasteiger partial charge in [-0.25, -0.2) is 13.1 Å². The number of benzene rings is 2. The molecular weight excluding hydrogens is 410 g/mol. The average molecular weight is 429 g/mol. The second-order valence-electron chi connectivity index (χ2n) is 6.47. The van der Waals surface area contributed by atoms with Crippen molar-refractivity contribution in [1.82, 2.24) is 20.2 Å². The summed E-state index contributed by atoms with van der Waals surface area (Å²) in [6.45, 7) is 1.39. The maximum absolute atomic E-state index is 12.6. The lowest BCUT2D eigenvalue weighted by molar-refractivity contribution is -0.113. The van der Waals surface area contributed by atoms with Gasteiger partial charge < -0.3 is 10.1 Å². The second-order valence-corrected chi connectivity index (χ2v) is 8.53. The molecule has 156 valence electrons. The predicted octanol–water partition coefficient (Wildman–Crippen LogP) is 1.43. The van der Waals surface area contributed by atoms with Gasteiger partial charge in [-0.05, 0) is 53.7 Å². The van der Waals surface area contributed by atoms with E-state index in [1.807, 2.05) is 0 Å². The Kier molecular flexibility index (Phi) is 6.21. The van der Waals surface area contributed by atoms with E-state index in [9.17, 15) is 18.0 Å². The van der Waals surface area contributed by atoms with Crippen molar-refractivity contribution in [2.75, 3.05) is 18.2 Å². The molecule has 0 saturated carbocycles. The van der Waals surface area contributed by atoms with Crippen LogP contribution in [-0.2, 0) is 20.4 Å². The minimum Gasteiger partial charge on any atom is -0.496 e. The summed E-state index contributed by atoms with van der Waals surface area (Å²) in [5, 5.41) is 13.4. The lowest BCUT2D eigenvalue weighted by Gasteiger charge is -2.11. The molecule has 0 aliphatic carbocycles. The van der Waals surface area contributed by atoms with E-state index < -0.39 is 27.3 Å². The summed E-state index contributed by atoms with van der Waals surface area (Å²) >= 11 is 0. The highest BCUT2D eigenvalue weighted by Crippen LogP contribution is 2.23. The maximum Gasteiger partial charge on any atom is 0.239 e. The highest BCUT2D eigenvalue weighted by molar-refractivity contribution is 7.91. The Morgan fingerprint density at radius 3 is 2.63 bits per heavy atom. The number of aromatic nitrogens is 4. The summed E-state index contributed by atoms with van der Waals surface area (Å²) in [6, 6.07) is 11.2. The number of tetrazole rings is 1. The van der Waals surface area contributed by atoms with Gasteiger partial charge in [-0.2, -0.15) is 0 Å². The van der Waals surface area contributed by atoms with Gasteiger partial charge in [-0.1, -0.05) is 6.07 Å². The molecule has 0 atom stereocenters. The van der Waals surface area contributed by atoms with Gasteiger partial charge in [0.1, 0.15) is 17.8 Å². The number of Topliss-reactive ketones (excluding diaryl/α,β-unsaturated/α-hetero) is 1. The Labute approximate surface area is 172 Å². The lowest BCUT2D eigenvalue weighted by Crippen LogP contribution is -2.24. The molecule has 3 rings (SSSR count). The smallest absolute Gasteiger partial charge is 0.239 e. The number of amides is 1. The van der Waals surface area contributed by atoms with Crippen LogP contribution in [0, 0.1) is 0 Å². The number of nitrogens with one attached hydrogen (secondary N) is 1. The molecule has 0 saturated heterocycles. The third-order valence-electron chi connectivity index (χ3n) is 4.16. The van der Waals surface area contributed by atoms with E-state index in [0.29, 0.717) is 28.3 Å². The first kappa shape index (κ1) is 21.1. The van der Waals surface area contributed by atoms with Crippen LogP contribution in [0.2, 0.25) is 0 Å². The molecule has 0 unspecified atom stereocenters. The molecule has 1 N–H and O–H groups in total. The first-order chi connectivity index (χ1) is 14.3. The number of methoxy groups -OCH3 is 1. The van der Waals surface area contributed by atoms with Crippen LogP contribution in [-0.4, -0.2) is 53.2 Å². The van der Waals surface area contributed by atoms with Crippen LogP contribution in [0.15, 0.2) is 48.8 Å². The topological polar surface area (TPSA) is 133 Å². The zero-order valence-corrected chi connectivity index (χ0v) is 17.1. The molecule has 0 spiro atoms. The molecule has 1 amide bonds. The second kappa shape index (κ2) is 8.82. The molecule has 11 heteroatoms. The van der Waals surface area contributed by atoms with E-state index in [-0.39, 0.29) is 5.78 Å². The van der Waals surface area contributed by atoms with Crippen molar-refractivity contribution in [2.45, 2.75) is 12.7 Å². The van der Waals surface area contributed by atoms with Crippen molar-refractivity contribution in [3.05, 3.63) is 59.9 Å². The first-order valence-corrected chi connectivity index (χ1v) is 10.6. The van der Waals surface area contributed by atoms with Crippen LogP contribution < -0.4 is 10.1 Å². The number of carbonyl (C=O) groups excluding carboxylic acids is 2. The molecular formula is C19H19N5O5S. The molecule has 30 heavy (non-hydrogen) atoms. The summed E-state index contributed by atoms with van der Waals surface area (Å²) in [6.07, 6.45) is 1.40. The molecule has 0 radical (unpaired) electrons. The van der Waals surface area contributed by atoms with Gasteiger partial charge in [0.25, 0.3) is 0 Å². The summed E-state index contributed by atoms with van der Waals surface area (Å²) in [7, 11) is -2.42. The molecule has 1 aromatic heterocycles. The highest BCUT2D eigenvalue weighted by atomic mass is 32.2. The number of ketones is 1. The van der Waals surface area contributed by atoms with E-state index in [2.05, 4.69) is 20.8 Å². The van der Waals surface area contributed by atoms with Gasteiger partial charge in [-0.15, -0.1) is 5.10 Å². The lowest BCUT2D eigenvalue weighted by atomic mass is 10.1. The highest BCUT2D eigenvalue weighted by Gasteiger charge is 2.20. The predicted molar refractivity (Wildman–Crippen MR) is 108 cm³/mol. The van der Waals surface area contributed by atoms with E-state index in [1.54, 1.807) is 30.3 Å². The third-order valence-corrected chi connectivity index (χ3v) is 5.61. The number of sulfone groups is 1. The minimum atomic E-state index is -3.82. The Morgan fingerprint density at radius 1 is 1.17 bits per heavy atom. The number of rotatable bonds is 8. The van der Waals surface area contributed by atoms with Gasteiger partial charge in [0.05, 0.1) is 18.6 Å². The Balaban J connectivity index is 1.72. The Hall–Kier alpha value is -3.60. The van der Waals surface area contributed by atoms with E-state index in [0.717, 1.165) is 0 Å². The maximum atomic E-state index is 12.6. The van der Waals surface area contributed by atoms with Crippen molar-refractivity contribution >= 4 is 27.2 Å². The molecule has 1 heterocycles. The fourth-order valence-electron chi connectivity index (χ4n) is 2.80. The number of anilines is 1. The molecule has 3 aromatic rings. The third kappa shape index (κ3) is 5.26. The van der Waals surface area contributed by atoms with Crippen LogP contribution in [0.25, 0.3) is 5.69 Å². The fraction of sp³-hybridized carbons (Fsp3) is 0.211. The summed E-state index contributed by atoms with van der Waals surface area (Å²) < 4.78 is 31.7. The average Bonchev–Trinajstić information content (AvgIpc) is 3.22. The Bertz CT molecular complexity index is 1180. The van der Waals surface area contributed by atoms with Crippen molar-refractivity contribution < 1.29 is 22.7 Å². The molecule has 0 aliphatic rings. The van der Waals surface area contributed by atoms with Gasteiger partial charge in [0.2, 0.25) is 5.91 Å². The van der Waals surface area contributed by atoms with Crippen LogP contribution in [0.4, 0.5) is 5.69 Å². The largest absolute Gasteiger partial charge is 0.496 e.